The average molecular weight is 700 g/mol. The molecule has 0 spiro atoms. The van der Waals surface area contributed by atoms with Crippen molar-refractivity contribution in [1.82, 2.24) is 9.58 Å². The fourth-order valence-corrected chi connectivity index (χ4v) is 8.78. The molecule has 2 aliphatic carbocycles. The van der Waals surface area contributed by atoms with E-state index >= 15 is 4.39 Å². The standard InChI is InChI=1S/C34H35F2N3O9S/c1-44-27(41)16-34(11-4-5-12-34)48-33(43)47-19-46-31-24(40)10-13-38-30(31)32(42)37-14-15-45-17-26(37)39(38)29-20-8-9-23(35)28(36)22(20)18-49-25-7-3-2-6-21(25)29/h2-3,6-10,13,20,22,26,29H,4-5,11-12,14-19H2,1H3/t20?,22?,26-,29+/m1/s1. The summed E-state index contributed by atoms with van der Waals surface area (Å²) in [5.41, 5.74) is -0.975. The molecule has 260 valence electrons. The molecule has 2 unspecified atom stereocenters. The highest BCUT2D eigenvalue weighted by Crippen LogP contribution is 2.50. The number of amides is 1. The number of halogens is 2. The van der Waals surface area contributed by atoms with Gasteiger partial charge in [-0.2, -0.15) is 0 Å². The first-order valence-electron chi connectivity index (χ1n) is 16.1. The van der Waals surface area contributed by atoms with Crippen LogP contribution in [-0.2, 0) is 23.7 Å². The van der Waals surface area contributed by atoms with Gasteiger partial charge in [-0.05, 0) is 43.4 Å². The van der Waals surface area contributed by atoms with Gasteiger partial charge in [0.2, 0.25) is 18.0 Å². The molecular weight excluding hydrogens is 664 g/mol. The van der Waals surface area contributed by atoms with E-state index in [9.17, 15) is 23.6 Å². The summed E-state index contributed by atoms with van der Waals surface area (Å²) in [7, 11) is 1.25. The minimum absolute atomic E-state index is 0.117. The van der Waals surface area contributed by atoms with Crippen LogP contribution in [0.5, 0.6) is 5.75 Å². The lowest BCUT2D eigenvalue weighted by atomic mass is 9.79. The Kier molecular flexibility index (Phi) is 9.13. The Labute approximate surface area is 284 Å². The van der Waals surface area contributed by atoms with E-state index < -0.39 is 71.6 Å². The summed E-state index contributed by atoms with van der Waals surface area (Å²) < 4.78 is 58.7. The van der Waals surface area contributed by atoms with Gasteiger partial charge in [-0.25, -0.2) is 13.6 Å². The summed E-state index contributed by atoms with van der Waals surface area (Å²) in [6.45, 7) is -0.193. The third-order valence-electron chi connectivity index (χ3n) is 9.83. The number of nitrogens with zero attached hydrogens (tertiary/aromatic N) is 3. The number of rotatable bonds is 7. The Bertz CT molecular complexity index is 1770. The van der Waals surface area contributed by atoms with Crippen LogP contribution < -0.4 is 15.2 Å². The van der Waals surface area contributed by atoms with Crippen LogP contribution in [0, 0.1) is 11.8 Å². The van der Waals surface area contributed by atoms with E-state index in [1.807, 2.05) is 29.3 Å². The number of allylic oxidation sites excluding steroid dienone is 3. The second-order valence-corrected chi connectivity index (χ2v) is 13.6. The quantitative estimate of drug-likeness (QED) is 0.293. The molecule has 4 heterocycles. The molecule has 2 fully saturated rings. The molecule has 5 aliphatic rings. The van der Waals surface area contributed by atoms with Crippen LogP contribution >= 0.6 is 11.8 Å². The normalized spacial score (nSPS) is 25.4. The Morgan fingerprint density at radius 3 is 2.71 bits per heavy atom. The van der Waals surface area contributed by atoms with Crippen molar-refractivity contribution in [3.63, 3.8) is 0 Å². The second-order valence-electron chi connectivity index (χ2n) is 12.6. The number of hydrogen-bond donors (Lipinski definition) is 0. The minimum atomic E-state index is -1.10. The maximum Gasteiger partial charge on any atom is 0.511 e. The Morgan fingerprint density at radius 2 is 1.92 bits per heavy atom. The van der Waals surface area contributed by atoms with E-state index in [0.29, 0.717) is 18.6 Å². The number of morpholine rings is 1. The summed E-state index contributed by atoms with van der Waals surface area (Å²) in [4.78, 5) is 54.6. The summed E-state index contributed by atoms with van der Waals surface area (Å²) >= 11 is 1.43. The Morgan fingerprint density at radius 1 is 1.12 bits per heavy atom. The lowest BCUT2D eigenvalue weighted by Crippen LogP contribution is -2.67. The molecule has 1 saturated carbocycles. The van der Waals surface area contributed by atoms with Crippen LogP contribution in [0.4, 0.5) is 13.6 Å². The third kappa shape index (κ3) is 6.07. The van der Waals surface area contributed by atoms with Gasteiger partial charge in [0.15, 0.2) is 11.5 Å². The highest BCUT2D eigenvalue weighted by atomic mass is 32.2. The summed E-state index contributed by atoms with van der Waals surface area (Å²) in [5.74, 6) is -4.20. The molecule has 1 aromatic carbocycles. The topological polar surface area (TPSA) is 126 Å². The predicted molar refractivity (Wildman–Crippen MR) is 171 cm³/mol. The molecule has 1 amide bonds. The Hall–Kier alpha value is -4.37. The van der Waals surface area contributed by atoms with Crippen LogP contribution in [-0.4, -0.2) is 78.8 Å². The number of esters is 1. The first kappa shape index (κ1) is 33.1. The fraction of sp³-hybridized carbons (Fsp3) is 0.471. The summed E-state index contributed by atoms with van der Waals surface area (Å²) in [5, 5.41) is 1.87. The zero-order valence-electron chi connectivity index (χ0n) is 26.7. The van der Waals surface area contributed by atoms with Crippen LogP contribution in [0.3, 0.4) is 0 Å². The molecule has 0 bridgehead atoms. The smallest absolute Gasteiger partial charge is 0.469 e. The SMILES string of the molecule is COC(=O)CC1(OC(=O)OCOc2c3n(ccc2=O)N([C@@H]2c4ccccc4SCC4C(F)=C(F)C=CC42)[C@@H]2COCCN2C3=O)CCCC1. The molecule has 1 saturated heterocycles. The van der Waals surface area contributed by atoms with Gasteiger partial charge in [-0.1, -0.05) is 24.3 Å². The van der Waals surface area contributed by atoms with E-state index in [1.54, 1.807) is 11.0 Å². The maximum atomic E-state index is 15.5. The molecule has 7 rings (SSSR count). The molecule has 3 aliphatic heterocycles. The van der Waals surface area contributed by atoms with E-state index in [1.165, 1.54) is 35.8 Å². The van der Waals surface area contributed by atoms with Crippen LogP contribution in [0.2, 0.25) is 0 Å². The van der Waals surface area contributed by atoms with Crippen molar-refractivity contribution < 1.29 is 46.8 Å². The van der Waals surface area contributed by atoms with Crippen LogP contribution in [0.1, 0.15) is 54.2 Å². The van der Waals surface area contributed by atoms with Crippen LogP contribution in [0.25, 0.3) is 0 Å². The molecule has 49 heavy (non-hydrogen) atoms. The highest BCUT2D eigenvalue weighted by Gasteiger charge is 2.50. The van der Waals surface area contributed by atoms with Crippen molar-refractivity contribution in [2.24, 2.45) is 11.8 Å². The molecule has 12 nitrogen and oxygen atoms in total. The van der Waals surface area contributed by atoms with Gasteiger partial charge in [0.25, 0.3) is 5.91 Å². The summed E-state index contributed by atoms with van der Waals surface area (Å²) in [6, 6.07) is 8.19. The zero-order valence-corrected chi connectivity index (χ0v) is 27.5. The van der Waals surface area contributed by atoms with Crippen molar-refractivity contribution in [1.29, 1.82) is 0 Å². The number of carbonyl (C=O) groups excluding carboxylic acids is 3. The minimum Gasteiger partial charge on any atom is -0.469 e. The van der Waals surface area contributed by atoms with E-state index in [2.05, 4.69) is 0 Å². The highest BCUT2D eigenvalue weighted by molar-refractivity contribution is 7.99. The number of fused-ring (bicyclic) bond motifs is 4. The van der Waals surface area contributed by atoms with Crippen molar-refractivity contribution in [3.05, 3.63) is 81.8 Å². The van der Waals surface area contributed by atoms with Gasteiger partial charge in [-0.15, -0.1) is 11.8 Å². The van der Waals surface area contributed by atoms with E-state index in [4.69, 9.17) is 23.7 Å². The monoisotopic (exact) mass is 699 g/mol. The number of methoxy groups -OCH3 is 1. The van der Waals surface area contributed by atoms with E-state index in [0.717, 1.165) is 29.4 Å². The molecule has 2 aromatic rings. The lowest BCUT2D eigenvalue weighted by Gasteiger charge is -2.53. The fourth-order valence-electron chi connectivity index (χ4n) is 7.52. The van der Waals surface area contributed by atoms with Gasteiger partial charge < -0.3 is 28.6 Å². The first-order chi connectivity index (χ1) is 23.7. The third-order valence-corrected chi connectivity index (χ3v) is 11.0. The van der Waals surface area contributed by atoms with Gasteiger partial charge in [-0.3, -0.25) is 24.1 Å². The van der Waals surface area contributed by atoms with Gasteiger partial charge in [0, 0.05) is 41.3 Å². The number of thioether (sulfide) groups is 1. The van der Waals surface area contributed by atoms with Crippen molar-refractivity contribution in [2.45, 2.75) is 54.8 Å². The maximum absolute atomic E-state index is 15.5. The van der Waals surface area contributed by atoms with Crippen molar-refractivity contribution >= 4 is 29.8 Å². The van der Waals surface area contributed by atoms with Gasteiger partial charge in [0.05, 0.1) is 32.8 Å². The van der Waals surface area contributed by atoms with E-state index in [-0.39, 0.29) is 37.6 Å². The molecular formula is C34H35F2N3O9S. The predicted octanol–water partition coefficient (Wildman–Crippen LogP) is 4.76. The van der Waals surface area contributed by atoms with Gasteiger partial charge in [0.1, 0.15) is 17.6 Å². The number of benzene rings is 1. The lowest BCUT2D eigenvalue weighted by molar-refractivity contribution is -0.147. The Balaban J connectivity index is 1.23. The average Bonchev–Trinajstić information content (AvgIpc) is 3.48. The largest absolute Gasteiger partial charge is 0.511 e. The van der Waals surface area contributed by atoms with Gasteiger partial charge >= 0.3 is 12.1 Å². The molecule has 0 N–H and O–H groups in total. The molecule has 4 atom stereocenters. The van der Waals surface area contributed by atoms with Crippen molar-refractivity contribution in [3.8, 4) is 5.75 Å². The van der Waals surface area contributed by atoms with Crippen LogP contribution in [0.15, 0.2) is 70.0 Å². The van der Waals surface area contributed by atoms with Crippen molar-refractivity contribution in [2.75, 3.05) is 44.4 Å². The number of hydrogen-bond acceptors (Lipinski definition) is 11. The molecule has 15 heteroatoms. The number of pyridine rings is 1. The first-order valence-corrected chi connectivity index (χ1v) is 17.1. The molecule has 0 radical (unpaired) electrons. The zero-order chi connectivity index (χ0) is 34.3. The number of aromatic nitrogens is 1. The number of carbonyl (C=O) groups is 3. The summed E-state index contributed by atoms with van der Waals surface area (Å²) in [6.07, 6.45) is 4.82. The molecule has 1 aromatic heterocycles. The number of ether oxygens (including phenoxy) is 5. The second kappa shape index (κ2) is 13.5.